The first-order chi connectivity index (χ1) is 24.8. The molecule has 52 heavy (non-hydrogen) atoms. The molecule has 2 aliphatic heterocycles. The number of benzene rings is 2. The van der Waals surface area contributed by atoms with E-state index in [4.69, 9.17) is 9.47 Å². The molecule has 2 aromatic rings. The van der Waals surface area contributed by atoms with Crippen LogP contribution >= 0.6 is 0 Å². The van der Waals surface area contributed by atoms with Gasteiger partial charge in [-0.2, -0.15) is 0 Å². The molecule has 284 valence electrons. The van der Waals surface area contributed by atoms with E-state index in [-0.39, 0.29) is 36.5 Å². The Kier molecular flexibility index (Phi) is 15.3. The number of hydrogen-bond acceptors (Lipinski definition) is 8. The van der Waals surface area contributed by atoms with E-state index in [9.17, 15) is 24.0 Å². The monoisotopic (exact) mass is 719 g/mol. The maximum absolute atomic E-state index is 14.1. The van der Waals surface area contributed by atoms with Crippen molar-refractivity contribution in [1.82, 2.24) is 26.2 Å². The SMILES string of the molecule is CC(C)C[C@H](NC(=O)[C@H](CCc1ccccc1)NC(=O)CN1CCOCC1)C(=O)N[C@H](Cc1ccccc1)C(=O)N[C@H](CC(C)C)C(=O)[C@]1(C)CO1. The third-order valence-electron chi connectivity index (χ3n) is 9.38. The number of morpholine rings is 1. The minimum atomic E-state index is -1.03. The minimum absolute atomic E-state index is 0.0171. The van der Waals surface area contributed by atoms with E-state index in [1.165, 1.54) is 0 Å². The second-order valence-electron chi connectivity index (χ2n) is 15.0. The van der Waals surface area contributed by atoms with Crippen LogP contribution in [-0.2, 0) is 46.3 Å². The number of ether oxygens (including phenoxy) is 2. The highest BCUT2D eigenvalue weighted by Crippen LogP contribution is 2.29. The molecular formula is C40H57N5O7. The zero-order valence-electron chi connectivity index (χ0n) is 31.3. The molecule has 2 heterocycles. The quantitative estimate of drug-likeness (QED) is 0.152. The largest absolute Gasteiger partial charge is 0.379 e. The number of Topliss-reactive ketones (excluding diaryl/α,β-unsaturated/α-hetero) is 1. The molecule has 12 heteroatoms. The van der Waals surface area contributed by atoms with Gasteiger partial charge in [-0.3, -0.25) is 28.9 Å². The lowest BCUT2D eigenvalue weighted by Gasteiger charge is -2.29. The number of ketones is 1. The van der Waals surface area contributed by atoms with E-state index < -0.39 is 47.5 Å². The summed E-state index contributed by atoms with van der Waals surface area (Å²) < 4.78 is 10.8. The molecular weight excluding hydrogens is 662 g/mol. The van der Waals surface area contributed by atoms with Crippen LogP contribution in [0.5, 0.6) is 0 Å². The van der Waals surface area contributed by atoms with Crippen LogP contribution in [0.25, 0.3) is 0 Å². The van der Waals surface area contributed by atoms with Gasteiger partial charge in [0.1, 0.15) is 23.7 Å². The number of amides is 4. The Labute approximate surface area is 308 Å². The number of aryl methyl sites for hydroxylation is 1. The predicted octanol–water partition coefficient (Wildman–Crippen LogP) is 2.58. The van der Waals surface area contributed by atoms with Crippen LogP contribution in [0.2, 0.25) is 0 Å². The van der Waals surface area contributed by atoms with Gasteiger partial charge in [0.15, 0.2) is 5.78 Å². The van der Waals surface area contributed by atoms with Gasteiger partial charge in [-0.05, 0) is 55.6 Å². The van der Waals surface area contributed by atoms with Crippen LogP contribution in [0.4, 0.5) is 0 Å². The predicted molar refractivity (Wildman–Crippen MR) is 198 cm³/mol. The van der Waals surface area contributed by atoms with E-state index in [1.807, 2.05) is 93.3 Å². The molecule has 0 spiro atoms. The Balaban J connectivity index is 1.51. The lowest BCUT2D eigenvalue weighted by Crippen LogP contribution is -2.59. The Hall–Kier alpha value is -4.13. The first-order valence-corrected chi connectivity index (χ1v) is 18.6. The number of nitrogens with zero attached hydrogens (tertiary/aromatic N) is 1. The molecule has 2 saturated heterocycles. The van der Waals surface area contributed by atoms with Crippen molar-refractivity contribution in [1.29, 1.82) is 0 Å². The Bertz CT molecular complexity index is 1480. The van der Waals surface area contributed by atoms with E-state index in [0.29, 0.717) is 58.6 Å². The van der Waals surface area contributed by atoms with Gasteiger partial charge in [-0.15, -0.1) is 0 Å². The van der Waals surface area contributed by atoms with Gasteiger partial charge in [0.2, 0.25) is 23.6 Å². The minimum Gasteiger partial charge on any atom is -0.379 e. The lowest BCUT2D eigenvalue weighted by atomic mass is 9.93. The summed E-state index contributed by atoms with van der Waals surface area (Å²) in [5.74, 6) is -1.83. The van der Waals surface area contributed by atoms with Gasteiger partial charge in [-0.1, -0.05) is 88.4 Å². The van der Waals surface area contributed by atoms with Crippen molar-refractivity contribution in [2.24, 2.45) is 11.8 Å². The van der Waals surface area contributed by atoms with E-state index in [1.54, 1.807) is 6.92 Å². The Morgan fingerprint density at radius 1 is 0.692 bits per heavy atom. The number of epoxide rings is 1. The Morgan fingerprint density at radius 2 is 1.19 bits per heavy atom. The molecule has 2 fully saturated rings. The maximum atomic E-state index is 14.1. The molecule has 0 bridgehead atoms. The van der Waals surface area contributed by atoms with E-state index >= 15 is 0 Å². The van der Waals surface area contributed by atoms with Crippen molar-refractivity contribution >= 4 is 29.4 Å². The summed E-state index contributed by atoms with van der Waals surface area (Å²) in [7, 11) is 0. The molecule has 2 aromatic carbocycles. The van der Waals surface area contributed by atoms with Gasteiger partial charge in [0.25, 0.3) is 0 Å². The van der Waals surface area contributed by atoms with Crippen LogP contribution in [0.3, 0.4) is 0 Å². The summed E-state index contributed by atoms with van der Waals surface area (Å²) in [6, 6.07) is 15.3. The zero-order valence-corrected chi connectivity index (χ0v) is 31.3. The molecule has 0 saturated carbocycles. The van der Waals surface area contributed by atoms with Gasteiger partial charge >= 0.3 is 0 Å². The molecule has 5 atom stereocenters. The second-order valence-corrected chi connectivity index (χ2v) is 15.0. The average Bonchev–Trinajstić information content (AvgIpc) is 3.87. The van der Waals surface area contributed by atoms with Crippen molar-refractivity contribution in [3.63, 3.8) is 0 Å². The Morgan fingerprint density at radius 3 is 1.77 bits per heavy atom. The molecule has 4 amide bonds. The summed E-state index contributed by atoms with van der Waals surface area (Å²) in [6.45, 7) is 12.3. The van der Waals surface area contributed by atoms with Gasteiger partial charge < -0.3 is 30.7 Å². The van der Waals surface area contributed by atoms with E-state index in [0.717, 1.165) is 11.1 Å². The number of hydrogen-bond donors (Lipinski definition) is 4. The molecule has 4 rings (SSSR count). The molecule has 2 aliphatic rings. The fourth-order valence-electron chi connectivity index (χ4n) is 6.33. The van der Waals surface area contributed by atoms with Gasteiger partial charge in [0, 0.05) is 19.5 Å². The molecule has 0 aliphatic carbocycles. The van der Waals surface area contributed by atoms with Crippen LogP contribution in [0, 0.1) is 11.8 Å². The highest BCUT2D eigenvalue weighted by Gasteiger charge is 2.50. The van der Waals surface area contributed by atoms with E-state index in [2.05, 4.69) is 21.3 Å². The first-order valence-electron chi connectivity index (χ1n) is 18.6. The molecule has 0 radical (unpaired) electrons. The fourth-order valence-corrected chi connectivity index (χ4v) is 6.33. The number of rotatable bonds is 20. The summed E-state index contributed by atoms with van der Waals surface area (Å²) in [5, 5.41) is 11.7. The van der Waals surface area contributed by atoms with Crippen LogP contribution in [0.1, 0.15) is 65.0 Å². The van der Waals surface area contributed by atoms with Crippen molar-refractivity contribution in [3.05, 3.63) is 71.8 Å². The standard InChI is InChI=1S/C40H57N5O7/c1-27(2)22-32(36(47)40(5)26-52-40)42-39(50)34(24-30-14-10-7-11-15-30)44-38(49)33(23-28(3)4)43-37(48)31(17-16-29-12-8-6-9-13-29)41-35(46)25-45-18-20-51-21-19-45/h6-15,27-28,31-34H,16-26H2,1-5H3,(H,41,46)(H,42,50)(H,43,48)(H,44,49)/t31-,32+,33-,34+,40-/m0/s1. The molecule has 0 unspecified atom stereocenters. The van der Waals surface area contributed by atoms with Crippen LogP contribution in [0.15, 0.2) is 60.7 Å². The number of carbonyl (C=O) groups excluding carboxylic acids is 5. The first kappa shape index (κ1) is 40.6. The third kappa shape index (κ3) is 13.1. The van der Waals surface area contributed by atoms with Crippen LogP contribution in [-0.4, -0.2) is 104 Å². The number of nitrogens with one attached hydrogen (secondary N) is 4. The van der Waals surface area contributed by atoms with Gasteiger partial charge in [-0.25, -0.2) is 0 Å². The van der Waals surface area contributed by atoms with Crippen LogP contribution < -0.4 is 21.3 Å². The van der Waals surface area contributed by atoms with Crippen molar-refractivity contribution in [2.75, 3.05) is 39.5 Å². The summed E-state index contributed by atoms with van der Waals surface area (Å²) in [5.41, 5.74) is 0.915. The highest BCUT2D eigenvalue weighted by molar-refractivity contribution is 5.98. The highest BCUT2D eigenvalue weighted by atomic mass is 16.6. The zero-order chi connectivity index (χ0) is 37.7. The summed E-state index contributed by atoms with van der Waals surface area (Å²) >= 11 is 0. The molecule has 4 N–H and O–H groups in total. The second kappa shape index (κ2) is 19.6. The van der Waals surface area contributed by atoms with Crippen molar-refractivity contribution < 1.29 is 33.4 Å². The summed E-state index contributed by atoms with van der Waals surface area (Å²) in [4.78, 5) is 70.5. The third-order valence-corrected chi connectivity index (χ3v) is 9.38. The fraction of sp³-hybridized carbons (Fsp3) is 0.575. The van der Waals surface area contributed by atoms with Crippen molar-refractivity contribution in [3.8, 4) is 0 Å². The van der Waals surface area contributed by atoms with Crippen molar-refractivity contribution in [2.45, 2.75) is 96.5 Å². The molecule has 12 nitrogen and oxygen atoms in total. The molecule has 0 aromatic heterocycles. The topological polar surface area (TPSA) is 158 Å². The maximum Gasteiger partial charge on any atom is 0.243 e. The normalized spacial score (nSPS) is 19.6. The smallest absolute Gasteiger partial charge is 0.243 e. The number of carbonyl (C=O) groups is 5. The summed E-state index contributed by atoms with van der Waals surface area (Å²) in [6.07, 6.45) is 1.76. The average molecular weight is 720 g/mol. The lowest BCUT2D eigenvalue weighted by molar-refractivity contribution is -0.135. The van der Waals surface area contributed by atoms with Gasteiger partial charge in [0.05, 0.1) is 32.4 Å².